The molecule has 1 aromatic carbocycles. The highest BCUT2D eigenvalue weighted by molar-refractivity contribution is 9.10. The SMILES string of the molecule is CCC(C)C(C)Nc1ccc(C)cc1Br. The monoisotopic (exact) mass is 269 g/mol. The average Bonchev–Trinajstić information content (AvgIpc) is 2.20. The van der Waals surface area contributed by atoms with Gasteiger partial charge in [-0.25, -0.2) is 0 Å². The van der Waals surface area contributed by atoms with Gasteiger partial charge in [0.15, 0.2) is 0 Å². The Kier molecular flexibility index (Phi) is 4.65. The Bertz CT molecular complexity index is 322. The van der Waals surface area contributed by atoms with Gasteiger partial charge in [-0.2, -0.15) is 0 Å². The molecule has 0 heterocycles. The van der Waals surface area contributed by atoms with Crippen LogP contribution in [-0.2, 0) is 0 Å². The first kappa shape index (κ1) is 12.6. The molecule has 0 saturated carbocycles. The highest BCUT2D eigenvalue weighted by Crippen LogP contribution is 2.25. The topological polar surface area (TPSA) is 12.0 Å². The van der Waals surface area contributed by atoms with Gasteiger partial charge >= 0.3 is 0 Å². The number of aryl methyl sites for hydroxylation is 1. The van der Waals surface area contributed by atoms with E-state index >= 15 is 0 Å². The molecular weight excluding hydrogens is 250 g/mol. The predicted octanol–water partition coefficient (Wildman–Crippen LogP) is 4.60. The summed E-state index contributed by atoms with van der Waals surface area (Å²) in [6, 6.07) is 6.93. The van der Waals surface area contributed by atoms with E-state index in [0.717, 1.165) is 4.47 Å². The predicted molar refractivity (Wildman–Crippen MR) is 71.4 cm³/mol. The van der Waals surface area contributed by atoms with Gasteiger partial charge < -0.3 is 5.32 Å². The van der Waals surface area contributed by atoms with E-state index < -0.39 is 0 Å². The Morgan fingerprint density at radius 2 is 2.00 bits per heavy atom. The van der Waals surface area contributed by atoms with Crippen molar-refractivity contribution in [2.75, 3.05) is 5.32 Å². The summed E-state index contributed by atoms with van der Waals surface area (Å²) in [7, 11) is 0. The minimum atomic E-state index is 0.508. The Hall–Kier alpha value is -0.500. The van der Waals surface area contributed by atoms with Crippen LogP contribution in [0, 0.1) is 12.8 Å². The summed E-state index contributed by atoms with van der Waals surface area (Å²) in [6.07, 6.45) is 1.21. The largest absolute Gasteiger partial charge is 0.381 e. The smallest absolute Gasteiger partial charge is 0.0486 e. The third kappa shape index (κ3) is 3.53. The number of anilines is 1. The van der Waals surface area contributed by atoms with Crippen molar-refractivity contribution in [3.63, 3.8) is 0 Å². The molecule has 1 rings (SSSR count). The van der Waals surface area contributed by atoms with E-state index in [4.69, 9.17) is 0 Å². The number of benzene rings is 1. The number of halogens is 1. The molecule has 2 heteroatoms. The third-order valence-electron chi connectivity index (χ3n) is 3.01. The zero-order chi connectivity index (χ0) is 11.4. The van der Waals surface area contributed by atoms with Gasteiger partial charge in [-0.3, -0.25) is 0 Å². The van der Waals surface area contributed by atoms with Crippen molar-refractivity contribution < 1.29 is 0 Å². The van der Waals surface area contributed by atoms with Crippen LogP contribution in [0.25, 0.3) is 0 Å². The average molecular weight is 270 g/mol. The molecule has 0 bridgehead atoms. The quantitative estimate of drug-likeness (QED) is 0.842. The van der Waals surface area contributed by atoms with Crippen molar-refractivity contribution in [2.24, 2.45) is 5.92 Å². The summed E-state index contributed by atoms with van der Waals surface area (Å²) >= 11 is 3.58. The van der Waals surface area contributed by atoms with E-state index in [0.29, 0.717) is 12.0 Å². The molecule has 0 fully saturated rings. The highest BCUT2D eigenvalue weighted by atomic mass is 79.9. The molecule has 1 nitrogen and oxygen atoms in total. The van der Waals surface area contributed by atoms with Crippen molar-refractivity contribution >= 4 is 21.6 Å². The van der Waals surface area contributed by atoms with Crippen LogP contribution in [0.3, 0.4) is 0 Å². The fourth-order valence-electron chi connectivity index (χ4n) is 1.48. The minimum absolute atomic E-state index is 0.508. The molecule has 2 atom stereocenters. The lowest BCUT2D eigenvalue weighted by Crippen LogP contribution is -2.23. The van der Waals surface area contributed by atoms with Crippen molar-refractivity contribution in [1.82, 2.24) is 0 Å². The third-order valence-corrected chi connectivity index (χ3v) is 3.66. The minimum Gasteiger partial charge on any atom is -0.381 e. The molecule has 1 N–H and O–H groups in total. The Balaban J connectivity index is 2.72. The van der Waals surface area contributed by atoms with Gasteiger partial charge in [0.2, 0.25) is 0 Å². The summed E-state index contributed by atoms with van der Waals surface area (Å²) in [6.45, 7) is 8.85. The lowest BCUT2D eigenvalue weighted by atomic mass is 10.0. The second kappa shape index (κ2) is 5.55. The fraction of sp³-hybridized carbons (Fsp3) is 0.538. The van der Waals surface area contributed by atoms with E-state index in [1.54, 1.807) is 0 Å². The summed E-state index contributed by atoms with van der Waals surface area (Å²) in [4.78, 5) is 0. The van der Waals surface area contributed by atoms with Crippen molar-refractivity contribution in [3.05, 3.63) is 28.2 Å². The highest BCUT2D eigenvalue weighted by Gasteiger charge is 2.10. The number of rotatable bonds is 4. The van der Waals surface area contributed by atoms with Crippen LogP contribution in [0.4, 0.5) is 5.69 Å². The van der Waals surface area contributed by atoms with Gasteiger partial charge in [0.1, 0.15) is 0 Å². The first-order valence-corrected chi connectivity index (χ1v) is 6.36. The van der Waals surface area contributed by atoms with Crippen LogP contribution in [0.5, 0.6) is 0 Å². The number of hydrogen-bond donors (Lipinski definition) is 1. The summed E-state index contributed by atoms with van der Waals surface area (Å²) in [5.41, 5.74) is 2.47. The standard InChI is InChI=1S/C13H20BrN/c1-5-10(3)11(4)15-13-7-6-9(2)8-12(13)14/h6-8,10-11,15H,5H2,1-4H3. The molecule has 0 saturated heterocycles. The summed E-state index contributed by atoms with van der Waals surface area (Å²) < 4.78 is 1.15. The maximum absolute atomic E-state index is 3.58. The second-order valence-corrected chi connectivity index (χ2v) is 5.16. The number of hydrogen-bond acceptors (Lipinski definition) is 1. The molecular formula is C13H20BrN. The molecule has 2 unspecified atom stereocenters. The molecule has 84 valence electrons. The maximum atomic E-state index is 3.58. The Labute approximate surface area is 101 Å². The van der Waals surface area contributed by atoms with Crippen LogP contribution < -0.4 is 5.32 Å². The van der Waals surface area contributed by atoms with Crippen LogP contribution in [0.1, 0.15) is 32.8 Å². The zero-order valence-corrected chi connectivity index (χ0v) is 11.6. The van der Waals surface area contributed by atoms with Crippen LogP contribution >= 0.6 is 15.9 Å². The van der Waals surface area contributed by atoms with Gasteiger partial charge in [0.05, 0.1) is 0 Å². The Morgan fingerprint density at radius 1 is 1.33 bits per heavy atom. The normalized spacial score (nSPS) is 14.7. The molecule has 0 amide bonds. The van der Waals surface area contributed by atoms with Gasteiger partial charge in [0.25, 0.3) is 0 Å². The molecule has 0 aliphatic heterocycles. The summed E-state index contributed by atoms with van der Waals surface area (Å²) in [5.74, 6) is 0.693. The van der Waals surface area contributed by atoms with Crippen LogP contribution in [0.15, 0.2) is 22.7 Å². The van der Waals surface area contributed by atoms with E-state index in [1.165, 1.54) is 17.7 Å². The van der Waals surface area contributed by atoms with Gasteiger partial charge in [0, 0.05) is 16.2 Å². The Morgan fingerprint density at radius 3 is 2.53 bits per heavy atom. The van der Waals surface area contributed by atoms with Gasteiger partial charge in [-0.05, 0) is 53.4 Å². The molecule has 1 aromatic rings. The molecule has 0 aromatic heterocycles. The molecule has 15 heavy (non-hydrogen) atoms. The summed E-state index contributed by atoms with van der Waals surface area (Å²) in [5, 5.41) is 3.54. The first-order chi connectivity index (χ1) is 7.04. The first-order valence-electron chi connectivity index (χ1n) is 5.57. The van der Waals surface area contributed by atoms with E-state index in [1.807, 2.05) is 0 Å². The fourth-order valence-corrected chi connectivity index (χ4v) is 2.09. The molecule has 0 radical (unpaired) electrons. The van der Waals surface area contributed by atoms with Crippen LogP contribution in [-0.4, -0.2) is 6.04 Å². The van der Waals surface area contributed by atoms with Gasteiger partial charge in [-0.1, -0.05) is 26.3 Å². The van der Waals surface area contributed by atoms with E-state index in [9.17, 15) is 0 Å². The van der Waals surface area contributed by atoms with Crippen molar-refractivity contribution in [2.45, 2.75) is 40.2 Å². The molecule has 0 aliphatic carbocycles. The molecule has 0 spiro atoms. The van der Waals surface area contributed by atoms with E-state index in [2.05, 4.69) is 67.1 Å². The zero-order valence-electron chi connectivity index (χ0n) is 9.97. The van der Waals surface area contributed by atoms with Crippen LogP contribution in [0.2, 0.25) is 0 Å². The lowest BCUT2D eigenvalue weighted by Gasteiger charge is -2.22. The van der Waals surface area contributed by atoms with Gasteiger partial charge in [-0.15, -0.1) is 0 Å². The molecule has 0 aliphatic rings. The second-order valence-electron chi connectivity index (χ2n) is 4.30. The number of nitrogens with one attached hydrogen (secondary N) is 1. The maximum Gasteiger partial charge on any atom is 0.0486 e. The van der Waals surface area contributed by atoms with Crippen molar-refractivity contribution in [3.8, 4) is 0 Å². The van der Waals surface area contributed by atoms with E-state index in [-0.39, 0.29) is 0 Å². The lowest BCUT2D eigenvalue weighted by molar-refractivity contribution is 0.494. The van der Waals surface area contributed by atoms with Crippen molar-refractivity contribution in [1.29, 1.82) is 0 Å².